The van der Waals surface area contributed by atoms with Crippen molar-refractivity contribution < 1.29 is 23.9 Å². The molecule has 9 heteroatoms. The van der Waals surface area contributed by atoms with Crippen molar-refractivity contribution in [1.82, 2.24) is 0 Å². The van der Waals surface area contributed by atoms with Crippen LogP contribution in [0.4, 0.5) is 11.4 Å². The molecule has 0 aromatic heterocycles. The Morgan fingerprint density at radius 2 is 1.24 bits per heavy atom. The standard InChI is InChI=1S/C33H22Cl2N2O5/c34-22-13-7-14-23(30(22)35)36-25(38)16-42-33(41)21-12-5-6-15-24(21)37-31(39)28-26-17-8-1-2-9-18(17)27(29(28)32(37)40)20-11-4-3-10-19(20)26/h1-15,26-29H,16H2,(H,36,38)/t26?,27?,28-,29-/m1/s1. The molecule has 42 heavy (non-hydrogen) atoms. The fourth-order valence-corrected chi connectivity index (χ4v) is 7.10. The first-order valence-electron chi connectivity index (χ1n) is 13.4. The van der Waals surface area contributed by atoms with Crippen molar-refractivity contribution in [2.45, 2.75) is 11.8 Å². The van der Waals surface area contributed by atoms with Crippen LogP contribution in [0.2, 0.25) is 10.0 Å². The normalized spacial score (nSPS) is 21.4. The number of carbonyl (C=O) groups is 4. The van der Waals surface area contributed by atoms with Crippen LogP contribution in [0.15, 0.2) is 91.0 Å². The molecule has 2 atom stereocenters. The second kappa shape index (κ2) is 10.1. The van der Waals surface area contributed by atoms with Gasteiger partial charge >= 0.3 is 5.97 Å². The van der Waals surface area contributed by atoms with E-state index in [4.69, 9.17) is 27.9 Å². The van der Waals surface area contributed by atoms with Gasteiger partial charge in [-0.05, 0) is 46.5 Å². The number of amides is 3. The molecule has 4 aromatic carbocycles. The number of hydrogen-bond acceptors (Lipinski definition) is 5. The molecule has 1 N–H and O–H groups in total. The number of imide groups is 1. The first-order chi connectivity index (χ1) is 20.4. The van der Waals surface area contributed by atoms with Crippen molar-refractivity contribution in [2.75, 3.05) is 16.8 Å². The number of anilines is 2. The number of nitrogens with one attached hydrogen (secondary N) is 1. The van der Waals surface area contributed by atoms with E-state index in [0.717, 1.165) is 27.2 Å². The summed E-state index contributed by atoms with van der Waals surface area (Å²) in [5, 5.41) is 2.98. The van der Waals surface area contributed by atoms with E-state index in [-0.39, 0.29) is 50.6 Å². The maximum Gasteiger partial charge on any atom is 0.340 e. The van der Waals surface area contributed by atoms with Gasteiger partial charge in [0.2, 0.25) is 11.8 Å². The topological polar surface area (TPSA) is 92.8 Å². The van der Waals surface area contributed by atoms with Gasteiger partial charge in [0, 0.05) is 11.8 Å². The Hall–Kier alpha value is -4.46. The molecule has 1 aliphatic heterocycles. The van der Waals surface area contributed by atoms with E-state index in [1.807, 2.05) is 48.5 Å². The number of benzene rings is 4. The van der Waals surface area contributed by atoms with Gasteiger partial charge in [0.15, 0.2) is 6.61 Å². The number of nitrogens with zero attached hydrogens (tertiary/aromatic N) is 1. The molecule has 0 spiro atoms. The van der Waals surface area contributed by atoms with E-state index >= 15 is 0 Å². The van der Waals surface area contributed by atoms with Crippen LogP contribution in [0.25, 0.3) is 0 Å². The van der Waals surface area contributed by atoms with Crippen molar-refractivity contribution in [1.29, 1.82) is 0 Å². The minimum absolute atomic E-state index is 0.00816. The Balaban J connectivity index is 1.17. The highest BCUT2D eigenvalue weighted by Crippen LogP contribution is 2.61. The minimum atomic E-state index is -0.844. The van der Waals surface area contributed by atoms with E-state index < -0.39 is 30.3 Å². The second-order valence-corrected chi connectivity index (χ2v) is 11.3. The number of rotatable bonds is 5. The molecular formula is C33H22Cl2N2O5. The summed E-state index contributed by atoms with van der Waals surface area (Å²) < 4.78 is 5.30. The summed E-state index contributed by atoms with van der Waals surface area (Å²) in [6, 6.07) is 27.0. The Labute approximate surface area is 251 Å². The molecule has 1 saturated heterocycles. The van der Waals surface area contributed by atoms with Crippen molar-refractivity contribution in [2.24, 2.45) is 11.8 Å². The predicted molar refractivity (Wildman–Crippen MR) is 158 cm³/mol. The Kier molecular flexibility index (Phi) is 6.37. The summed E-state index contributed by atoms with van der Waals surface area (Å²) in [6.45, 7) is -0.613. The maximum atomic E-state index is 14.1. The number of esters is 1. The summed E-state index contributed by atoms with van der Waals surface area (Å²) in [5.74, 6) is -3.89. The molecule has 208 valence electrons. The van der Waals surface area contributed by atoms with Crippen LogP contribution >= 0.6 is 23.2 Å². The molecule has 8 rings (SSSR count). The molecule has 4 aromatic rings. The Morgan fingerprint density at radius 3 is 1.81 bits per heavy atom. The van der Waals surface area contributed by atoms with Gasteiger partial charge in [-0.1, -0.05) is 89.9 Å². The van der Waals surface area contributed by atoms with Crippen molar-refractivity contribution in [3.8, 4) is 0 Å². The third-order valence-corrected chi connectivity index (χ3v) is 9.19. The largest absolute Gasteiger partial charge is 0.452 e. The monoisotopic (exact) mass is 596 g/mol. The van der Waals surface area contributed by atoms with Crippen molar-refractivity contribution >= 4 is 58.3 Å². The van der Waals surface area contributed by atoms with Gasteiger partial charge in [0.05, 0.1) is 38.8 Å². The van der Waals surface area contributed by atoms with Crippen LogP contribution in [0.1, 0.15) is 44.4 Å². The molecule has 0 saturated carbocycles. The average molecular weight is 597 g/mol. The number of hydrogen-bond donors (Lipinski definition) is 1. The molecular weight excluding hydrogens is 575 g/mol. The van der Waals surface area contributed by atoms with Crippen LogP contribution in [0, 0.1) is 11.8 Å². The Bertz CT molecular complexity index is 1710. The molecule has 3 amide bonds. The van der Waals surface area contributed by atoms with Gasteiger partial charge in [0.1, 0.15) is 0 Å². The highest BCUT2D eigenvalue weighted by molar-refractivity contribution is 6.44. The number of carbonyl (C=O) groups excluding carboxylic acids is 4. The maximum absolute atomic E-state index is 14.1. The van der Waals surface area contributed by atoms with E-state index in [2.05, 4.69) is 5.32 Å². The summed E-state index contributed by atoms with van der Waals surface area (Å²) in [5.41, 5.74) is 4.66. The molecule has 7 nitrogen and oxygen atoms in total. The van der Waals surface area contributed by atoms with Gasteiger partial charge in [-0.2, -0.15) is 0 Å². The SMILES string of the molecule is O=C(COC(=O)c1ccccc1N1C(=O)[C@@H]2C3c4ccccc4C(c4ccccc43)[C@H]2C1=O)Nc1cccc(Cl)c1Cl. The lowest BCUT2D eigenvalue weighted by Crippen LogP contribution is -2.41. The van der Waals surface area contributed by atoms with Crippen LogP contribution in [0.3, 0.4) is 0 Å². The van der Waals surface area contributed by atoms with Crippen LogP contribution < -0.4 is 10.2 Å². The van der Waals surface area contributed by atoms with E-state index in [9.17, 15) is 19.2 Å². The van der Waals surface area contributed by atoms with Gasteiger partial charge in [-0.15, -0.1) is 0 Å². The zero-order valence-electron chi connectivity index (χ0n) is 21.9. The molecule has 0 unspecified atom stereocenters. The lowest BCUT2D eigenvalue weighted by Gasteiger charge is -2.45. The summed E-state index contributed by atoms with van der Waals surface area (Å²) in [7, 11) is 0. The summed E-state index contributed by atoms with van der Waals surface area (Å²) in [6.07, 6.45) is 0. The highest BCUT2D eigenvalue weighted by Gasteiger charge is 2.62. The van der Waals surface area contributed by atoms with Crippen molar-refractivity contribution in [3.63, 3.8) is 0 Å². The number of halogens is 2. The van der Waals surface area contributed by atoms with Gasteiger partial charge in [-0.3, -0.25) is 14.4 Å². The number of ether oxygens (including phenoxy) is 1. The molecule has 4 aliphatic rings. The van der Waals surface area contributed by atoms with Crippen LogP contribution in [0.5, 0.6) is 0 Å². The molecule has 0 radical (unpaired) electrons. The lowest BCUT2D eigenvalue weighted by molar-refractivity contribution is -0.122. The van der Waals surface area contributed by atoms with Gasteiger partial charge in [-0.25, -0.2) is 9.69 Å². The fraction of sp³-hybridized carbons (Fsp3) is 0.152. The first-order valence-corrected chi connectivity index (χ1v) is 14.2. The van der Waals surface area contributed by atoms with Gasteiger partial charge < -0.3 is 10.1 Å². The molecule has 1 heterocycles. The second-order valence-electron chi connectivity index (χ2n) is 10.5. The minimum Gasteiger partial charge on any atom is -0.452 e. The van der Waals surface area contributed by atoms with Crippen LogP contribution in [-0.4, -0.2) is 30.3 Å². The van der Waals surface area contributed by atoms with Gasteiger partial charge in [0.25, 0.3) is 5.91 Å². The number of para-hydroxylation sites is 1. The molecule has 2 bridgehead atoms. The zero-order valence-corrected chi connectivity index (χ0v) is 23.4. The quantitative estimate of drug-likeness (QED) is 0.219. The van der Waals surface area contributed by atoms with Crippen molar-refractivity contribution in [3.05, 3.63) is 129 Å². The van der Waals surface area contributed by atoms with E-state index in [1.165, 1.54) is 6.07 Å². The molecule has 3 aliphatic carbocycles. The third-order valence-electron chi connectivity index (χ3n) is 8.37. The fourth-order valence-electron chi connectivity index (χ4n) is 6.75. The summed E-state index contributed by atoms with van der Waals surface area (Å²) >= 11 is 12.1. The highest BCUT2D eigenvalue weighted by atomic mass is 35.5. The van der Waals surface area contributed by atoms with E-state index in [0.29, 0.717) is 0 Å². The first kappa shape index (κ1) is 26.4. The Morgan fingerprint density at radius 1 is 0.714 bits per heavy atom. The summed E-state index contributed by atoms with van der Waals surface area (Å²) in [4.78, 5) is 55.1. The third kappa shape index (κ3) is 3.95. The van der Waals surface area contributed by atoms with Crippen LogP contribution in [-0.2, 0) is 19.1 Å². The average Bonchev–Trinajstić information content (AvgIpc) is 3.28. The molecule has 1 fully saturated rings. The predicted octanol–water partition coefficient (Wildman–Crippen LogP) is 6.19. The zero-order chi connectivity index (χ0) is 29.1. The van der Waals surface area contributed by atoms with E-state index in [1.54, 1.807) is 36.4 Å². The smallest absolute Gasteiger partial charge is 0.340 e. The lowest BCUT2D eigenvalue weighted by atomic mass is 9.55.